The van der Waals surface area contributed by atoms with Crippen LogP contribution in [0.4, 0.5) is 27.1 Å². The summed E-state index contributed by atoms with van der Waals surface area (Å²) in [7, 11) is 1.43. The Hall–Kier alpha value is -6.94. The summed E-state index contributed by atoms with van der Waals surface area (Å²) in [6.45, 7) is 21.8. The van der Waals surface area contributed by atoms with Crippen molar-refractivity contribution in [1.29, 1.82) is 0 Å². The molecule has 1 N–H and O–H groups in total. The monoisotopic (exact) mass is 1090 g/mol. The number of carbonyl (C=O) groups excluding carboxylic acids is 1. The summed E-state index contributed by atoms with van der Waals surface area (Å²) >= 11 is 12.0. The Morgan fingerprint density at radius 1 is 0.688 bits per heavy atom. The third-order valence-corrected chi connectivity index (χ3v) is 11.4. The number of ether oxygens (including phenoxy) is 4. The first-order valence-electron chi connectivity index (χ1n) is 24.9. The van der Waals surface area contributed by atoms with E-state index in [4.69, 9.17) is 47.1 Å². The lowest BCUT2D eigenvalue weighted by atomic mass is 9.89. The first-order valence-corrected chi connectivity index (χ1v) is 25.7. The fraction of sp³-hybridized carbons (Fsp3) is 0.318. The zero-order valence-corrected chi connectivity index (χ0v) is 45.5. The maximum Gasteiger partial charge on any atom is 0.313 e. The van der Waals surface area contributed by atoms with Gasteiger partial charge in [-0.2, -0.15) is 0 Å². The van der Waals surface area contributed by atoms with E-state index < -0.39 is 0 Å². The van der Waals surface area contributed by atoms with Gasteiger partial charge in [0.2, 0.25) is 0 Å². The average Bonchev–Trinajstić information content (AvgIpc) is 3.71. The Balaban J connectivity index is 0.000000929. The molecular formula is C66H86Cl2FN3O5. The van der Waals surface area contributed by atoms with Crippen molar-refractivity contribution in [2.45, 2.75) is 111 Å². The van der Waals surface area contributed by atoms with Crippen LogP contribution in [-0.4, -0.2) is 38.2 Å². The molecule has 7 aromatic carbocycles. The molecule has 0 saturated heterocycles. The molecule has 11 heteroatoms. The normalized spacial score (nSPS) is 11.4. The number of anilines is 2. The highest BCUT2D eigenvalue weighted by Gasteiger charge is 2.24. The SMILES string of the molecule is C.C.C.C.CC.CC.CC(C)C1=Nc2cc(Cl)ccc2Nc2ccccc21.CCOc1ccc2c(c1)OCC2.COC(=O)C(c1ccccc1)C(C)C.Cc1ccc(F)cc1.Clc1ccc2c(c1)C=Nc1ccccc1O2. The van der Waals surface area contributed by atoms with Crippen LogP contribution in [0.15, 0.2) is 168 Å². The predicted octanol–water partition coefficient (Wildman–Crippen LogP) is 20.7. The summed E-state index contributed by atoms with van der Waals surface area (Å²) in [5, 5.41) is 4.83. The molecule has 77 heavy (non-hydrogen) atoms. The number of para-hydroxylation sites is 3. The molecule has 0 spiro atoms. The molecule has 0 saturated carbocycles. The number of aliphatic imine (C=N–C) groups is 2. The van der Waals surface area contributed by atoms with Gasteiger partial charge in [-0.15, -0.1) is 0 Å². The van der Waals surface area contributed by atoms with Crippen LogP contribution in [0.1, 0.15) is 126 Å². The molecule has 0 aliphatic carbocycles. The number of carbonyl (C=O) groups is 1. The van der Waals surface area contributed by atoms with E-state index in [1.165, 1.54) is 24.8 Å². The van der Waals surface area contributed by atoms with Crippen molar-refractivity contribution in [3.63, 3.8) is 0 Å². The van der Waals surface area contributed by atoms with Gasteiger partial charge in [-0.25, -0.2) is 4.39 Å². The van der Waals surface area contributed by atoms with Crippen molar-refractivity contribution >= 4 is 63.8 Å². The number of aryl methyl sites for hydroxylation is 1. The van der Waals surface area contributed by atoms with Crippen molar-refractivity contribution in [2.75, 3.05) is 25.6 Å². The van der Waals surface area contributed by atoms with Crippen molar-refractivity contribution in [3.8, 4) is 23.0 Å². The predicted molar refractivity (Wildman–Crippen MR) is 331 cm³/mol. The zero-order chi connectivity index (χ0) is 53.3. The quantitative estimate of drug-likeness (QED) is 0.167. The van der Waals surface area contributed by atoms with Gasteiger partial charge in [-0.1, -0.05) is 193 Å². The Morgan fingerprint density at radius 2 is 1.31 bits per heavy atom. The van der Waals surface area contributed by atoms with Crippen LogP contribution in [0.2, 0.25) is 10.0 Å². The first kappa shape index (κ1) is 70.1. The van der Waals surface area contributed by atoms with E-state index >= 15 is 0 Å². The second-order valence-corrected chi connectivity index (χ2v) is 17.6. The molecule has 0 radical (unpaired) electrons. The molecule has 0 bridgehead atoms. The number of benzene rings is 7. The van der Waals surface area contributed by atoms with Gasteiger partial charge in [0.25, 0.3) is 0 Å². The number of nitrogens with zero attached hydrogens (tertiary/aromatic N) is 2. The van der Waals surface area contributed by atoms with E-state index in [1.54, 1.807) is 18.3 Å². The molecule has 3 aliphatic heterocycles. The maximum atomic E-state index is 12.1. The second kappa shape index (κ2) is 36.9. The lowest BCUT2D eigenvalue weighted by Gasteiger charge is -2.18. The third-order valence-electron chi connectivity index (χ3n) is 10.9. The summed E-state index contributed by atoms with van der Waals surface area (Å²) in [6, 6.07) is 49.4. The van der Waals surface area contributed by atoms with Crippen molar-refractivity contribution in [1.82, 2.24) is 0 Å². The minimum atomic E-state index is -0.171. The number of methoxy groups -OCH3 is 1. The Labute approximate surface area is 472 Å². The van der Waals surface area contributed by atoms with E-state index in [0.717, 1.165) is 86.7 Å². The number of fused-ring (bicyclic) bond motifs is 5. The smallest absolute Gasteiger partial charge is 0.313 e. The zero-order valence-electron chi connectivity index (χ0n) is 44.0. The average molecular weight is 1090 g/mol. The standard InChI is InChI=1S/C16H15ClN2.C13H8ClNO.C12H16O2.C10H12O2.C7H7F.2C2H6.4CH4/c1-10(2)16-12-5-3-4-6-13(12)18-14-8-7-11(17)9-15(14)19-16;14-10-5-6-12-9(7-10)8-15-11-3-1-2-4-13(11)16-12;1-9(2)11(12(13)14-3)10-7-5-4-6-8-10;1-2-11-9-4-3-8-5-6-12-10(8)7-9;1-6-2-4-7(8)5-3-6;2*1-2;;;;/h3-10,18H,1-2H3;1-8H;4-9,11H,1-3H3;3-4,7H,2,5-6H2,1H3;2-5H,1H3;2*1-2H3;4*1H4. The van der Waals surface area contributed by atoms with Crippen LogP contribution in [0.25, 0.3) is 0 Å². The first-order chi connectivity index (χ1) is 35.3. The van der Waals surface area contributed by atoms with Crippen molar-refractivity contribution < 1.29 is 28.1 Å². The van der Waals surface area contributed by atoms with E-state index in [9.17, 15) is 9.18 Å². The van der Waals surface area contributed by atoms with E-state index in [1.807, 2.05) is 171 Å². The molecule has 1 atom stereocenters. The van der Waals surface area contributed by atoms with Gasteiger partial charge >= 0.3 is 5.97 Å². The molecule has 10 rings (SSSR count). The topological polar surface area (TPSA) is 90.7 Å². The summed E-state index contributed by atoms with van der Waals surface area (Å²) < 4.78 is 33.4. The molecule has 3 aliphatic rings. The highest BCUT2D eigenvalue weighted by Crippen LogP contribution is 2.38. The van der Waals surface area contributed by atoms with Crippen LogP contribution >= 0.6 is 23.2 Å². The van der Waals surface area contributed by atoms with Crippen LogP contribution in [-0.2, 0) is 16.0 Å². The second-order valence-electron chi connectivity index (χ2n) is 16.7. The molecule has 7 aromatic rings. The number of hydrogen-bond donors (Lipinski definition) is 1. The molecule has 3 heterocycles. The van der Waals surface area contributed by atoms with Gasteiger partial charge < -0.3 is 24.3 Å². The van der Waals surface area contributed by atoms with Crippen LogP contribution in [0.5, 0.6) is 23.0 Å². The summed E-state index contributed by atoms with van der Waals surface area (Å²) in [5.41, 5.74) is 10.3. The van der Waals surface area contributed by atoms with Gasteiger partial charge in [-0.05, 0) is 110 Å². The lowest BCUT2D eigenvalue weighted by molar-refractivity contribution is -0.143. The number of nitrogens with one attached hydrogen (secondary N) is 1. The van der Waals surface area contributed by atoms with Crippen LogP contribution in [0, 0.1) is 24.6 Å². The van der Waals surface area contributed by atoms with Gasteiger partial charge in [0.1, 0.15) is 28.8 Å². The molecule has 8 nitrogen and oxygen atoms in total. The largest absolute Gasteiger partial charge is 0.494 e. The minimum absolute atomic E-state index is 0. The Bertz CT molecular complexity index is 2830. The van der Waals surface area contributed by atoms with E-state index in [-0.39, 0.29) is 53.3 Å². The number of rotatable bonds is 6. The molecule has 416 valence electrons. The maximum absolute atomic E-state index is 12.1. The molecule has 1 unspecified atom stereocenters. The molecule has 0 fully saturated rings. The number of hydrogen-bond acceptors (Lipinski definition) is 8. The van der Waals surface area contributed by atoms with Gasteiger partial charge in [0.15, 0.2) is 5.75 Å². The highest BCUT2D eigenvalue weighted by molar-refractivity contribution is 6.31. The minimum Gasteiger partial charge on any atom is -0.494 e. The summed E-state index contributed by atoms with van der Waals surface area (Å²) in [5.74, 6) is 3.55. The van der Waals surface area contributed by atoms with Gasteiger partial charge in [0.05, 0.1) is 43.3 Å². The summed E-state index contributed by atoms with van der Waals surface area (Å²) in [4.78, 5) is 20.7. The summed E-state index contributed by atoms with van der Waals surface area (Å²) in [6.07, 6.45) is 2.80. The van der Waals surface area contributed by atoms with E-state index in [2.05, 4.69) is 42.4 Å². The lowest BCUT2D eigenvalue weighted by Crippen LogP contribution is -2.19. The third kappa shape index (κ3) is 21.5. The van der Waals surface area contributed by atoms with Crippen molar-refractivity contribution in [2.24, 2.45) is 21.8 Å². The van der Waals surface area contributed by atoms with Crippen LogP contribution < -0.4 is 19.5 Å². The number of esters is 1. The Morgan fingerprint density at radius 3 is 1.95 bits per heavy atom. The Kier molecular flexibility index (Phi) is 33.6. The highest BCUT2D eigenvalue weighted by atomic mass is 35.5. The van der Waals surface area contributed by atoms with Crippen molar-refractivity contribution in [3.05, 3.63) is 201 Å². The molecule has 0 amide bonds. The van der Waals surface area contributed by atoms with Gasteiger partial charge in [-0.3, -0.25) is 14.8 Å². The van der Waals surface area contributed by atoms with Crippen LogP contribution in [0.3, 0.4) is 0 Å². The molecular weight excluding hydrogens is 1000 g/mol. The fourth-order valence-electron chi connectivity index (χ4n) is 7.43. The fourth-order valence-corrected chi connectivity index (χ4v) is 7.78. The van der Waals surface area contributed by atoms with E-state index in [0.29, 0.717) is 22.6 Å². The molecule has 0 aromatic heterocycles. The number of halogens is 3. The van der Waals surface area contributed by atoms with Gasteiger partial charge in [0, 0.05) is 45.6 Å².